The molecule has 1 aromatic carbocycles. The second-order valence-corrected chi connectivity index (χ2v) is 3.59. The van der Waals surface area contributed by atoms with E-state index in [1.54, 1.807) is 13.0 Å². The third kappa shape index (κ3) is 2.48. The Kier molecular flexibility index (Phi) is 3.27. The maximum Gasteiger partial charge on any atom is 0.252 e. The van der Waals surface area contributed by atoms with Crippen LogP contribution < -0.4 is 16.0 Å². The number of halogens is 1. The number of anilines is 1. The molecule has 94 valence electrons. The molecule has 0 bridgehead atoms. The Hall–Kier alpha value is -2.37. The lowest BCUT2D eigenvalue weighted by Gasteiger charge is -2.06. The average Bonchev–Trinajstić information content (AvgIpc) is 2.30. The fourth-order valence-corrected chi connectivity index (χ4v) is 1.56. The zero-order chi connectivity index (χ0) is 13.1. The first kappa shape index (κ1) is 12.1. The van der Waals surface area contributed by atoms with Crippen molar-refractivity contribution in [1.82, 2.24) is 9.97 Å². The summed E-state index contributed by atoms with van der Waals surface area (Å²) in [5, 5.41) is 0. The molecule has 0 fully saturated rings. The highest BCUT2D eigenvalue weighted by Crippen LogP contribution is 2.23. The summed E-state index contributed by atoms with van der Waals surface area (Å²) in [5.41, 5.74) is 5.83. The Morgan fingerprint density at radius 2 is 2.22 bits per heavy atom. The van der Waals surface area contributed by atoms with E-state index < -0.39 is 5.82 Å². The van der Waals surface area contributed by atoms with E-state index in [-0.39, 0.29) is 17.3 Å². The number of aromatic amines is 1. The summed E-state index contributed by atoms with van der Waals surface area (Å²) in [7, 11) is 0. The summed E-state index contributed by atoms with van der Waals surface area (Å²) in [6.45, 7) is 2.15. The van der Waals surface area contributed by atoms with Crippen molar-refractivity contribution >= 4 is 5.95 Å². The molecular weight excluding hydrogens is 237 g/mol. The number of ether oxygens (including phenoxy) is 1. The Bertz CT molecular complexity index is 625. The second-order valence-electron chi connectivity index (χ2n) is 3.59. The van der Waals surface area contributed by atoms with E-state index in [0.29, 0.717) is 17.9 Å². The third-order valence-electron chi connectivity index (χ3n) is 2.29. The van der Waals surface area contributed by atoms with Gasteiger partial charge in [0.25, 0.3) is 5.56 Å². The van der Waals surface area contributed by atoms with Crippen molar-refractivity contribution in [2.24, 2.45) is 0 Å². The number of rotatable bonds is 3. The molecule has 2 rings (SSSR count). The largest absolute Gasteiger partial charge is 0.491 e. The van der Waals surface area contributed by atoms with Crippen molar-refractivity contribution in [3.8, 4) is 17.0 Å². The quantitative estimate of drug-likeness (QED) is 0.864. The van der Waals surface area contributed by atoms with E-state index >= 15 is 0 Å². The van der Waals surface area contributed by atoms with Gasteiger partial charge in [0, 0.05) is 11.6 Å². The Balaban J connectivity index is 2.45. The van der Waals surface area contributed by atoms with E-state index in [4.69, 9.17) is 10.5 Å². The van der Waals surface area contributed by atoms with Gasteiger partial charge in [-0.1, -0.05) is 0 Å². The van der Waals surface area contributed by atoms with Gasteiger partial charge >= 0.3 is 0 Å². The number of aromatic nitrogens is 2. The Morgan fingerprint density at radius 1 is 1.44 bits per heavy atom. The smallest absolute Gasteiger partial charge is 0.252 e. The summed E-state index contributed by atoms with van der Waals surface area (Å²) >= 11 is 0. The van der Waals surface area contributed by atoms with Gasteiger partial charge in [0.2, 0.25) is 5.95 Å². The molecule has 3 N–H and O–H groups in total. The first-order valence-electron chi connectivity index (χ1n) is 5.39. The van der Waals surface area contributed by atoms with Crippen molar-refractivity contribution in [2.75, 3.05) is 12.3 Å². The normalized spacial score (nSPS) is 10.3. The van der Waals surface area contributed by atoms with Gasteiger partial charge in [-0.25, -0.2) is 9.37 Å². The van der Waals surface area contributed by atoms with Gasteiger partial charge in [0.1, 0.15) is 0 Å². The van der Waals surface area contributed by atoms with Crippen LogP contribution in [-0.4, -0.2) is 16.6 Å². The third-order valence-corrected chi connectivity index (χ3v) is 2.29. The summed E-state index contributed by atoms with van der Waals surface area (Å²) in [6.07, 6.45) is 0. The molecule has 1 heterocycles. The molecular formula is C12H12FN3O2. The second kappa shape index (κ2) is 4.87. The van der Waals surface area contributed by atoms with Crippen LogP contribution in [0.15, 0.2) is 29.1 Å². The summed E-state index contributed by atoms with van der Waals surface area (Å²) in [6, 6.07) is 5.63. The van der Waals surface area contributed by atoms with Crippen LogP contribution in [0.3, 0.4) is 0 Å². The molecule has 0 spiro atoms. The zero-order valence-electron chi connectivity index (χ0n) is 9.74. The minimum Gasteiger partial charge on any atom is -0.491 e. The molecule has 0 saturated carbocycles. The minimum atomic E-state index is -0.505. The first-order chi connectivity index (χ1) is 8.60. The van der Waals surface area contributed by atoms with Crippen LogP contribution in [0.1, 0.15) is 6.92 Å². The van der Waals surface area contributed by atoms with Crippen molar-refractivity contribution < 1.29 is 9.13 Å². The number of benzene rings is 1. The topological polar surface area (TPSA) is 81.0 Å². The van der Waals surface area contributed by atoms with Crippen LogP contribution in [0.4, 0.5) is 10.3 Å². The van der Waals surface area contributed by atoms with Crippen LogP contribution in [0.2, 0.25) is 0 Å². The van der Waals surface area contributed by atoms with E-state index in [9.17, 15) is 9.18 Å². The lowest BCUT2D eigenvalue weighted by molar-refractivity contribution is 0.321. The molecule has 0 atom stereocenters. The molecule has 0 radical (unpaired) electrons. The monoisotopic (exact) mass is 249 g/mol. The number of hydrogen-bond acceptors (Lipinski definition) is 4. The van der Waals surface area contributed by atoms with Crippen molar-refractivity contribution in [3.05, 3.63) is 40.4 Å². The number of nitrogen functional groups attached to an aromatic ring is 1. The van der Waals surface area contributed by atoms with Crippen LogP contribution in [0.25, 0.3) is 11.3 Å². The fourth-order valence-electron chi connectivity index (χ4n) is 1.56. The van der Waals surface area contributed by atoms with Crippen LogP contribution >= 0.6 is 0 Å². The molecule has 0 aliphatic heterocycles. The maximum absolute atomic E-state index is 13.7. The molecule has 5 nitrogen and oxygen atoms in total. The van der Waals surface area contributed by atoms with E-state index in [1.807, 2.05) is 0 Å². The SMILES string of the molecule is CCOc1ccc(-c2cc(=O)[nH]c(N)n2)cc1F. The van der Waals surface area contributed by atoms with Gasteiger partial charge in [-0.15, -0.1) is 0 Å². The lowest BCUT2D eigenvalue weighted by Crippen LogP contribution is -2.10. The zero-order valence-corrected chi connectivity index (χ0v) is 9.74. The van der Waals surface area contributed by atoms with Gasteiger partial charge in [0.05, 0.1) is 12.3 Å². The van der Waals surface area contributed by atoms with Gasteiger partial charge in [0.15, 0.2) is 11.6 Å². The first-order valence-corrected chi connectivity index (χ1v) is 5.39. The summed E-state index contributed by atoms with van der Waals surface area (Å²) in [5.74, 6) is -0.346. The van der Waals surface area contributed by atoms with Crippen molar-refractivity contribution in [3.63, 3.8) is 0 Å². The fraction of sp³-hybridized carbons (Fsp3) is 0.167. The van der Waals surface area contributed by atoms with Crippen molar-refractivity contribution in [2.45, 2.75) is 6.92 Å². The Labute approximate surface area is 102 Å². The summed E-state index contributed by atoms with van der Waals surface area (Å²) in [4.78, 5) is 17.5. The molecule has 18 heavy (non-hydrogen) atoms. The standard InChI is InChI=1S/C12H12FN3O2/c1-2-18-10-4-3-7(5-8(10)13)9-6-11(17)16-12(14)15-9/h3-6H,2H2,1H3,(H3,14,15,16,17). The van der Waals surface area contributed by atoms with Gasteiger partial charge < -0.3 is 10.5 Å². The molecule has 0 aliphatic rings. The van der Waals surface area contributed by atoms with Crippen LogP contribution in [0, 0.1) is 5.82 Å². The predicted octanol–water partition coefficient (Wildman–Crippen LogP) is 1.56. The number of nitrogens with one attached hydrogen (secondary N) is 1. The molecule has 6 heteroatoms. The molecule has 0 amide bonds. The number of hydrogen-bond donors (Lipinski definition) is 2. The number of nitrogens with zero attached hydrogens (tertiary/aromatic N) is 1. The molecule has 0 saturated heterocycles. The average molecular weight is 249 g/mol. The minimum absolute atomic E-state index is 0.00760. The van der Waals surface area contributed by atoms with Gasteiger partial charge in [-0.3, -0.25) is 9.78 Å². The Morgan fingerprint density at radius 3 is 2.83 bits per heavy atom. The highest BCUT2D eigenvalue weighted by Gasteiger charge is 2.08. The summed E-state index contributed by atoms with van der Waals surface area (Å²) < 4.78 is 18.7. The van der Waals surface area contributed by atoms with Crippen molar-refractivity contribution in [1.29, 1.82) is 0 Å². The van der Waals surface area contributed by atoms with E-state index in [2.05, 4.69) is 9.97 Å². The van der Waals surface area contributed by atoms with E-state index in [0.717, 1.165) is 0 Å². The number of H-pyrrole nitrogens is 1. The van der Waals surface area contributed by atoms with E-state index in [1.165, 1.54) is 18.2 Å². The molecule has 1 aromatic heterocycles. The molecule has 0 aliphatic carbocycles. The highest BCUT2D eigenvalue weighted by molar-refractivity contribution is 5.60. The van der Waals surface area contributed by atoms with Gasteiger partial charge in [-0.05, 0) is 25.1 Å². The highest BCUT2D eigenvalue weighted by atomic mass is 19.1. The molecule has 2 aromatic rings. The lowest BCUT2D eigenvalue weighted by atomic mass is 10.1. The van der Waals surface area contributed by atoms with Gasteiger partial charge in [-0.2, -0.15) is 0 Å². The predicted molar refractivity (Wildman–Crippen MR) is 65.8 cm³/mol. The number of nitrogens with two attached hydrogens (primary N) is 1. The van der Waals surface area contributed by atoms with Crippen LogP contribution in [0.5, 0.6) is 5.75 Å². The van der Waals surface area contributed by atoms with Crippen LogP contribution in [-0.2, 0) is 0 Å². The maximum atomic E-state index is 13.7. The molecule has 0 unspecified atom stereocenters.